The molecule has 0 aliphatic carbocycles. The van der Waals surface area contributed by atoms with Gasteiger partial charge in [0.25, 0.3) is 0 Å². The molecule has 1 rings (SSSR count). The number of nitrogens with one attached hydrogen (secondary N) is 1. The molecule has 11 heavy (non-hydrogen) atoms. The van der Waals surface area contributed by atoms with Gasteiger partial charge in [-0.15, -0.1) is 37.2 Å². The van der Waals surface area contributed by atoms with Gasteiger partial charge < -0.3 is 10.4 Å². The van der Waals surface area contributed by atoms with Crippen molar-refractivity contribution in [1.82, 2.24) is 5.32 Å². The van der Waals surface area contributed by atoms with Crippen LogP contribution in [-0.2, 0) is 4.79 Å². The van der Waals surface area contributed by atoms with Gasteiger partial charge in [-0.2, -0.15) is 0 Å². The van der Waals surface area contributed by atoms with Crippen molar-refractivity contribution >= 4 is 43.2 Å². The van der Waals surface area contributed by atoms with Crippen molar-refractivity contribution < 1.29 is 9.90 Å². The predicted octanol–water partition coefficient (Wildman–Crippen LogP) is 1.09. The fraction of sp³-hybridized carbons (Fsp3) is 0.800. The average Bonchev–Trinajstić information content (AvgIpc) is 2.12. The summed E-state index contributed by atoms with van der Waals surface area (Å²) in [6.45, 7) is 0.858. The maximum absolute atomic E-state index is 10.1. The van der Waals surface area contributed by atoms with Gasteiger partial charge in [0, 0.05) is 0 Å². The van der Waals surface area contributed by atoms with Gasteiger partial charge in [0.2, 0.25) is 0 Å². The molecule has 70 valence electrons. The molecule has 1 heterocycles. The lowest BCUT2D eigenvalue weighted by Gasteiger charge is -1.99. The Hall–Kier alpha value is 0.300. The molecule has 0 aromatic heterocycles. The van der Waals surface area contributed by atoms with Gasteiger partial charge in [0.15, 0.2) is 0 Å². The molecule has 1 atom stereocenters. The molecular formula is C5H12Cl3NO2. The Kier molecular flexibility index (Phi) is 13.3. The highest BCUT2D eigenvalue weighted by atomic mass is 35.5. The molecule has 0 amide bonds. The fourth-order valence-corrected chi connectivity index (χ4v) is 0.895. The smallest absolute Gasteiger partial charge is 0.320 e. The summed E-state index contributed by atoms with van der Waals surface area (Å²) in [5, 5.41) is 11.2. The number of hydrogen-bond donors (Lipinski definition) is 2. The van der Waals surface area contributed by atoms with Crippen LogP contribution in [0.2, 0.25) is 0 Å². The molecule has 0 spiro atoms. The van der Waals surface area contributed by atoms with E-state index in [1.807, 2.05) is 0 Å². The summed E-state index contributed by atoms with van der Waals surface area (Å²) in [4.78, 5) is 10.1. The molecule has 1 fully saturated rings. The number of rotatable bonds is 1. The van der Waals surface area contributed by atoms with Crippen molar-refractivity contribution in [2.24, 2.45) is 0 Å². The number of carbonyl (C=O) groups is 1. The highest BCUT2D eigenvalue weighted by molar-refractivity contribution is 5.86. The zero-order valence-electron chi connectivity index (χ0n) is 5.78. The fourth-order valence-electron chi connectivity index (χ4n) is 0.895. The van der Waals surface area contributed by atoms with Crippen LogP contribution in [0.15, 0.2) is 0 Å². The van der Waals surface area contributed by atoms with E-state index < -0.39 is 5.97 Å². The first-order chi connectivity index (χ1) is 3.80. The maximum Gasteiger partial charge on any atom is 0.320 e. The summed E-state index contributed by atoms with van der Waals surface area (Å²) in [7, 11) is 0. The average molecular weight is 225 g/mol. The first-order valence-electron chi connectivity index (χ1n) is 2.77. The molecule has 1 saturated heterocycles. The Morgan fingerprint density at radius 3 is 2.09 bits per heavy atom. The molecule has 1 aliphatic heterocycles. The minimum absolute atomic E-state index is 0. The number of halogens is 3. The van der Waals surface area contributed by atoms with E-state index in [9.17, 15) is 4.79 Å². The number of carboxylic acids is 1. The molecule has 0 aromatic rings. The molecule has 2 N–H and O–H groups in total. The summed E-state index contributed by atoms with van der Waals surface area (Å²) in [5.41, 5.74) is 0. The van der Waals surface area contributed by atoms with Crippen molar-refractivity contribution in [1.29, 1.82) is 0 Å². The van der Waals surface area contributed by atoms with Gasteiger partial charge >= 0.3 is 5.97 Å². The Labute approximate surface area is 84.2 Å². The second-order valence-electron chi connectivity index (χ2n) is 1.99. The minimum Gasteiger partial charge on any atom is -0.480 e. The Balaban J connectivity index is -0.000000213. The van der Waals surface area contributed by atoms with Crippen molar-refractivity contribution in [3.8, 4) is 0 Å². The second kappa shape index (κ2) is 8.40. The molecular weight excluding hydrogens is 212 g/mol. The van der Waals surface area contributed by atoms with Gasteiger partial charge in [-0.25, -0.2) is 0 Å². The predicted molar refractivity (Wildman–Crippen MR) is 50.4 cm³/mol. The number of hydrogen-bond acceptors (Lipinski definition) is 2. The van der Waals surface area contributed by atoms with Crippen LogP contribution in [0.3, 0.4) is 0 Å². The van der Waals surface area contributed by atoms with Gasteiger partial charge in [-0.3, -0.25) is 4.79 Å². The third-order valence-corrected chi connectivity index (χ3v) is 1.36. The van der Waals surface area contributed by atoms with E-state index in [0.717, 1.165) is 19.4 Å². The second-order valence-corrected chi connectivity index (χ2v) is 1.99. The molecule has 0 bridgehead atoms. The van der Waals surface area contributed by atoms with E-state index in [1.54, 1.807) is 0 Å². The molecule has 6 heteroatoms. The molecule has 0 saturated carbocycles. The van der Waals surface area contributed by atoms with Crippen molar-refractivity contribution in [3.05, 3.63) is 0 Å². The highest BCUT2D eigenvalue weighted by Crippen LogP contribution is 2.03. The summed E-state index contributed by atoms with van der Waals surface area (Å²) >= 11 is 0. The van der Waals surface area contributed by atoms with Crippen LogP contribution in [0.25, 0.3) is 0 Å². The molecule has 3 nitrogen and oxygen atoms in total. The Bertz CT molecular complexity index is 106. The van der Waals surface area contributed by atoms with Gasteiger partial charge in [-0.05, 0) is 19.4 Å². The molecule has 0 aromatic carbocycles. The summed E-state index contributed by atoms with van der Waals surface area (Å²) in [6, 6.07) is -0.269. The van der Waals surface area contributed by atoms with Gasteiger partial charge in [-0.1, -0.05) is 0 Å². The third kappa shape index (κ3) is 5.56. The van der Waals surface area contributed by atoms with Crippen LogP contribution in [0.1, 0.15) is 12.8 Å². The molecule has 0 radical (unpaired) electrons. The van der Waals surface area contributed by atoms with E-state index >= 15 is 0 Å². The number of carboxylic acid groups (broad SMARTS) is 1. The minimum atomic E-state index is -0.720. The van der Waals surface area contributed by atoms with Gasteiger partial charge in [0.05, 0.1) is 0 Å². The zero-order chi connectivity index (χ0) is 5.98. The van der Waals surface area contributed by atoms with E-state index in [4.69, 9.17) is 5.11 Å². The summed E-state index contributed by atoms with van der Waals surface area (Å²) in [6.07, 6.45) is 1.78. The van der Waals surface area contributed by atoms with Crippen LogP contribution < -0.4 is 5.32 Å². The largest absolute Gasteiger partial charge is 0.480 e. The molecule has 1 unspecified atom stereocenters. The van der Waals surface area contributed by atoms with Crippen LogP contribution in [-0.4, -0.2) is 23.7 Å². The van der Waals surface area contributed by atoms with E-state index in [-0.39, 0.29) is 43.3 Å². The third-order valence-electron chi connectivity index (χ3n) is 1.36. The van der Waals surface area contributed by atoms with E-state index in [1.165, 1.54) is 0 Å². The first kappa shape index (κ1) is 17.4. The van der Waals surface area contributed by atoms with Crippen LogP contribution in [0.4, 0.5) is 0 Å². The van der Waals surface area contributed by atoms with Crippen LogP contribution >= 0.6 is 37.2 Å². The zero-order valence-corrected chi connectivity index (χ0v) is 8.23. The topological polar surface area (TPSA) is 49.3 Å². The van der Waals surface area contributed by atoms with E-state index in [2.05, 4.69) is 5.32 Å². The standard InChI is InChI=1S/C5H9NO2.3ClH/c7-5(8)4-2-1-3-6-4;;;/h4,6H,1-3H2,(H,7,8);3*1H. The normalized spacial score (nSPS) is 20.5. The lowest BCUT2D eigenvalue weighted by Crippen LogP contribution is -2.29. The van der Waals surface area contributed by atoms with Crippen molar-refractivity contribution in [3.63, 3.8) is 0 Å². The maximum atomic E-state index is 10.1. The number of aliphatic carboxylic acids is 1. The Morgan fingerprint density at radius 1 is 1.36 bits per heavy atom. The Morgan fingerprint density at radius 2 is 1.91 bits per heavy atom. The lowest BCUT2D eigenvalue weighted by atomic mass is 10.2. The monoisotopic (exact) mass is 223 g/mol. The van der Waals surface area contributed by atoms with Crippen LogP contribution in [0, 0.1) is 0 Å². The SMILES string of the molecule is Cl.Cl.Cl.O=C(O)C1CCCN1. The molecule has 1 aliphatic rings. The van der Waals surface area contributed by atoms with Crippen molar-refractivity contribution in [2.75, 3.05) is 6.54 Å². The van der Waals surface area contributed by atoms with Gasteiger partial charge in [0.1, 0.15) is 6.04 Å². The van der Waals surface area contributed by atoms with E-state index in [0.29, 0.717) is 0 Å². The first-order valence-corrected chi connectivity index (χ1v) is 2.77. The van der Waals surface area contributed by atoms with Crippen molar-refractivity contribution in [2.45, 2.75) is 18.9 Å². The van der Waals surface area contributed by atoms with Crippen LogP contribution in [0.5, 0.6) is 0 Å². The quantitative estimate of drug-likeness (QED) is 0.701. The summed E-state index contributed by atoms with van der Waals surface area (Å²) < 4.78 is 0. The summed E-state index contributed by atoms with van der Waals surface area (Å²) in [5.74, 6) is -0.720. The lowest BCUT2D eigenvalue weighted by molar-refractivity contribution is -0.139. The highest BCUT2D eigenvalue weighted by Gasteiger charge is 2.20.